The van der Waals surface area contributed by atoms with Gasteiger partial charge in [0.15, 0.2) is 0 Å². The quantitative estimate of drug-likeness (QED) is 0.824. The number of nitrogens with zero attached hydrogens (tertiary/aromatic N) is 3. The molecule has 0 aromatic carbocycles. The van der Waals surface area contributed by atoms with Gasteiger partial charge in [-0.1, -0.05) is 5.16 Å². The Kier molecular flexibility index (Phi) is 5.39. The lowest BCUT2D eigenvalue weighted by atomic mass is 10.2. The Morgan fingerprint density at radius 2 is 2.38 bits per heavy atom. The number of methoxy groups -OCH3 is 1. The van der Waals surface area contributed by atoms with Gasteiger partial charge in [-0.15, -0.1) is 0 Å². The normalized spacial score (nSPS) is 12.1. The molecule has 0 saturated heterocycles. The minimum Gasteiger partial charge on any atom is -0.383 e. The van der Waals surface area contributed by atoms with Crippen LogP contribution >= 0.6 is 0 Å². The number of carbonyl (C=O) groups excluding carboxylic acids is 1. The summed E-state index contributed by atoms with van der Waals surface area (Å²) in [5.41, 5.74) is 0.783. The number of aryl methyl sites for hydroxylation is 1. The Balaban J connectivity index is 1.84. The highest BCUT2D eigenvalue weighted by atomic mass is 16.5. The molecule has 7 heteroatoms. The van der Waals surface area contributed by atoms with Crippen molar-refractivity contribution >= 4 is 5.91 Å². The topological polar surface area (TPSA) is 90.1 Å². The molecule has 1 N–H and O–H groups in total. The van der Waals surface area contributed by atoms with Gasteiger partial charge in [-0.05, 0) is 19.1 Å². The highest BCUT2D eigenvalue weighted by Crippen LogP contribution is 2.14. The summed E-state index contributed by atoms with van der Waals surface area (Å²) in [4.78, 5) is 20.0. The van der Waals surface area contributed by atoms with Crippen LogP contribution in [0.5, 0.6) is 0 Å². The maximum atomic E-state index is 11.7. The van der Waals surface area contributed by atoms with Gasteiger partial charge in [0.25, 0.3) is 0 Å². The molecule has 2 heterocycles. The van der Waals surface area contributed by atoms with E-state index in [1.165, 1.54) is 0 Å². The molecule has 2 rings (SSSR count). The molecule has 1 atom stereocenters. The van der Waals surface area contributed by atoms with Crippen molar-refractivity contribution in [1.29, 1.82) is 0 Å². The molecule has 0 saturated carbocycles. The zero-order valence-corrected chi connectivity index (χ0v) is 12.1. The smallest absolute Gasteiger partial charge is 0.227 e. The summed E-state index contributed by atoms with van der Waals surface area (Å²) in [5.74, 6) is 0.843. The average Bonchev–Trinajstić information content (AvgIpc) is 2.95. The van der Waals surface area contributed by atoms with E-state index >= 15 is 0 Å². The summed E-state index contributed by atoms with van der Waals surface area (Å²) in [6.45, 7) is 2.37. The van der Waals surface area contributed by atoms with Gasteiger partial charge in [0.1, 0.15) is 0 Å². The first-order valence-corrected chi connectivity index (χ1v) is 6.70. The maximum absolute atomic E-state index is 11.7. The third-order valence-electron chi connectivity index (χ3n) is 2.78. The Bertz CT molecular complexity index is 571. The van der Waals surface area contributed by atoms with E-state index in [0.29, 0.717) is 31.2 Å². The van der Waals surface area contributed by atoms with Crippen LogP contribution in [0.1, 0.15) is 19.2 Å². The zero-order valence-electron chi connectivity index (χ0n) is 12.1. The van der Waals surface area contributed by atoms with E-state index in [1.807, 2.05) is 13.0 Å². The molecule has 1 amide bonds. The molecular formula is C14H18N4O3. The highest BCUT2D eigenvalue weighted by Gasteiger charge is 2.12. The highest BCUT2D eigenvalue weighted by molar-refractivity contribution is 5.76. The summed E-state index contributed by atoms with van der Waals surface area (Å²) in [6, 6.07) is 3.63. The fraction of sp³-hybridized carbons (Fsp3) is 0.429. The van der Waals surface area contributed by atoms with Crippen molar-refractivity contribution in [2.24, 2.45) is 0 Å². The fourth-order valence-corrected chi connectivity index (χ4v) is 1.83. The van der Waals surface area contributed by atoms with Crippen LogP contribution in [-0.2, 0) is 16.0 Å². The van der Waals surface area contributed by atoms with Crippen LogP contribution in [0.2, 0.25) is 0 Å². The van der Waals surface area contributed by atoms with Crippen molar-refractivity contribution in [3.8, 4) is 11.4 Å². The molecular weight excluding hydrogens is 272 g/mol. The monoisotopic (exact) mass is 290 g/mol. The van der Waals surface area contributed by atoms with Gasteiger partial charge >= 0.3 is 0 Å². The molecule has 0 unspecified atom stereocenters. The molecule has 0 aliphatic carbocycles. The van der Waals surface area contributed by atoms with Crippen molar-refractivity contribution < 1.29 is 14.1 Å². The molecule has 7 nitrogen and oxygen atoms in total. The Hall–Kier alpha value is -2.28. The van der Waals surface area contributed by atoms with Crippen LogP contribution in [0.3, 0.4) is 0 Å². The number of rotatable bonds is 7. The Morgan fingerprint density at radius 3 is 3.10 bits per heavy atom. The van der Waals surface area contributed by atoms with Crippen molar-refractivity contribution in [2.45, 2.75) is 25.8 Å². The number of hydrogen-bond donors (Lipinski definition) is 1. The van der Waals surface area contributed by atoms with Crippen LogP contribution in [0.15, 0.2) is 29.0 Å². The summed E-state index contributed by atoms with van der Waals surface area (Å²) in [5, 5.41) is 6.70. The zero-order chi connectivity index (χ0) is 15.1. The lowest BCUT2D eigenvalue weighted by Gasteiger charge is -2.11. The van der Waals surface area contributed by atoms with E-state index < -0.39 is 0 Å². The first kappa shape index (κ1) is 15.1. The third kappa shape index (κ3) is 4.64. The van der Waals surface area contributed by atoms with E-state index in [1.54, 1.807) is 25.6 Å². The second-order valence-corrected chi connectivity index (χ2v) is 4.68. The van der Waals surface area contributed by atoms with Gasteiger partial charge in [-0.25, -0.2) is 0 Å². The van der Waals surface area contributed by atoms with E-state index in [2.05, 4.69) is 20.4 Å². The number of amides is 1. The predicted molar refractivity (Wildman–Crippen MR) is 75.3 cm³/mol. The maximum Gasteiger partial charge on any atom is 0.227 e. The van der Waals surface area contributed by atoms with Crippen molar-refractivity contribution in [1.82, 2.24) is 20.4 Å². The van der Waals surface area contributed by atoms with E-state index in [-0.39, 0.29) is 11.9 Å². The number of aromatic nitrogens is 3. The van der Waals surface area contributed by atoms with E-state index in [9.17, 15) is 4.79 Å². The molecule has 0 aliphatic heterocycles. The van der Waals surface area contributed by atoms with Crippen LogP contribution in [0.4, 0.5) is 0 Å². The second kappa shape index (κ2) is 7.49. The second-order valence-electron chi connectivity index (χ2n) is 4.68. The first-order chi connectivity index (χ1) is 10.2. The largest absolute Gasteiger partial charge is 0.383 e. The van der Waals surface area contributed by atoms with Crippen LogP contribution < -0.4 is 5.32 Å². The Morgan fingerprint density at radius 1 is 1.52 bits per heavy atom. The number of ether oxygens (including phenoxy) is 1. The molecule has 0 radical (unpaired) electrons. The van der Waals surface area contributed by atoms with Crippen LogP contribution in [-0.4, -0.2) is 40.8 Å². The van der Waals surface area contributed by atoms with Gasteiger partial charge in [-0.2, -0.15) is 4.98 Å². The lowest BCUT2D eigenvalue weighted by Crippen LogP contribution is -2.35. The molecule has 112 valence electrons. The summed E-state index contributed by atoms with van der Waals surface area (Å²) in [7, 11) is 1.60. The number of pyridine rings is 1. The van der Waals surface area contributed by atoms with Gasteiger partial charge in [0.05, 0.1) is 6.61 Å². The molecule has 0 aliphatic rings. The number of carbonyl (C=O) groups is 1. The molecule has 0 fully saturated rings. The number of nitrogens with one attached hydrogen (secondary N) is 1. The lowest BCUT2D eigenvalue weighted by molar-refractivity contribution is -0.122. The van der Waals surface area contributed by atoms with Crippen LogP contribution in [0, 0.1) is 0 Å². The van der Waals surface area contributed by atoms with Gasteiger partial charge in [0.2, 0.25) is 17.6 Å². The first-order valence-electron chi connectivity index (χ1n) is 6.70. The molecule has 0 bridgehead atoms. The van der Waals surface area contributed by atoms with Gasteiger partial charge in [-0.3, -0.25) is 9.78 Å². The summed E-state index contributed by atoms with van der Waals surface area (Å²) >= 11 is 0. The fourth-order valence-electron chi connectivity index (χ4n) is 1.83. The minimum atomic E-state index is -0.0688. The molecule has 2 aromatic heterocycles. The third-order valence-corrected chi connectivity index (χ3v) is 2.78. The average molecular weight is 290 g/mol. The number of hydrogen-bond acceptors (Lipinski definition) is 6. The van der Waals surface area contributed by atoms with Crippen LogP contribution in [0.25, 0.3) is 11.4 Å². The minimum absolute atomic E-state index is 0.0175. The van der Waals surface area contributed by atoms with Gasteiger partial charge in [0, 0.05) is 44.0 Å². The SMILES string of the molecule is COC[C@@H](C)NC(=O)CCc1nc(-c2cccnc2)no1. The standard InChI is InChI=1S/C14H18N4O3/c1-10(9-20-2)16-12(19)5-6-13-17-14(18-21-13)11-4-3-7-15-8-11/h3-4,7-8,10H,5-6,9H2,1-2H3,(H,16,19)/t10-/m1/s1. The van der Waals surface area contributed by atoms with Crippen molar-refractivity contribution in [2.75, 3.05) is 13.7 Å². The van der Waals surface area contributed by atoms with Crippen molar-refractivity contribution in [3.05, 3.63) is 30.4 Å². The Labute approximate surface area is 122 Å². The molecule has 21 heavy (non-hydrogen) atoms. The van der Waals surface area contributed by atoms with E-state index in [0.717, 1.165) is 5.56 Å². The predicted octanol–water partition coefficient (Wildman–Crippen LogP) is 1.22. The summed E-state index contributed by atoms with van der Waals surface area (Å²) < 4.78 is 10.1. The van der Waals surface area contributed by atoms with E-state index in [4.69, 9.17) is 9.26 Å². The van der Waals surface area contributed by atoms with Gasteiger partial charge < -0.3 is 14.6 Å². The van der Waals surface area contributed by atoms with Crippen molar-refractivity contribution in [3.63, 3.8) is 0 Å². The molecule has 0 spiro atoms. The molecule has 2 aromatic rings. The summed E-state index contributed by atoms with van der Waals surface area (Å²) in [6.07, 6.45) is 4.03.